The number of pyridine rings is 1. The Morgan fingerprint density at radius 1 is 1.43 bits per heavy atom. The van der Waals surface area contributed by atoms with Gasteiger partial charge in [0.1, 0.15) is 6.61 Å². The van der Waals surface area contributed by atoms with E-state index in [0.717, 1.165) is 19.6 Å². The molecule has 0 spiro atoms. The standard InChI is InChI=1S/C16H23N3O2/c1-4-19(5-2)12-13(3)18-16(21)15-9-14(7-6-8-20)10-17-11-15/h9-11,13,20H,4-5,8,12H2,1-3H3,(H,18,21). The molecule has 0 saturated carbocycles. The van der Waals surface area contributed by atoms with Crippen molar-refractivity contribution in [3.8, 4) is 11.8 Å². The fraction of sp³-hybridized carbons (Fsp3) is 0.500. The fourth-order valence-electron chi connectivity index (χ4n) is 2.00. The van der Waals surface area contributed by atoms with Crippen molar-refractivity contribution in [1.82, 2.24) is 15.2 Å². The van der Waals surface area contributed by atoms with Crippen LogP contribution in [0.1, 0.15) is 36.7 Å². The molecule has 5 heteroatoms. The van der Waals surface area contributed by atoms with E-state index in [9.17, 15) is 4.79 Å². The lowest BCUT2D eigenvalue weighted by Gasteiger charge is -2.23. The zero-order valence-electron chi connectivity index (χ0n) is 12.9. The number of carbonyl (C=O) groups is 1. The first-order chi connectivity index (χ1) is 10.1. The summed E-state index contributed by atoms with van der Waals surface area (Å²) in [6.45, 7) is 8.72. The van der Waals surface area contributed by atoms with Crippen LogP contribution in [0.2, 0.25) is 0 Å². The van der Waals surface area contributed by atoms with Crippen LogP contribution in [0, 0.1) is 11.8 Å². The molecule has 1 amide bonds. The average Bonchev–Trinajstić information content (AvgIpc) is 2.50. The zero-order chi connectivity index (χ0) is 15.7. The lowest BCUT2D eigenvalue weighted by Crippen LogP contribution is -2.42. The SMILES string of the molecule is CCN(CC)CC(C)NC(=O)c1cncc(C#CCO)c1. The molecule has 0 bridgehead atoms. The van der Waals surface area contributed by atoms with Gasteiger partial charge in [0.25, 0.3) is 5.91 Å². The number of aliphatic hydroxyl groups excluding tert-OH is 1. The van der Waals surface area contributed by atoms with Gasteiger partial charge in [0.05, 0.1) is 5.56 Å². The molecule has 1 aromatic rings. The van der Waals surface area contributed by atoms with Crippen LogP contribution in [0.25, 0.3) is 0 Å². The Morgan fingerprint density at radius 3 is 2.76 bits per heavy atom. The van der Waals surface area contributed by atoms with Crippen molar-refractivity contribution < 1.29 is 9.90 Å². The summed E-state index contributed by atoms with van der Waals surface area (Å²) >= 11 is 0. The van der Waals surface area contributed by atoms with Gasteiger partial charge < -0.3 is 15.3 Å². The van der Waals surface area contributed by atoms with Crippen LogP contribution in [0.5, 0.6) is 0 Å². The molecule has 1 rings (SSSR count). The van der Waals surface area contributed by atoms with E-state index in [0.29, 0.717) is 11.1 Å². The number of likely N-dealkylation sites (N-methyl/N-ethyl adjacent to an activating group) is 1. The van der Waals surface area contributed by atoms with Gasteiger partial charge in [-0.3, -0.25) is 9.78 Å². The first-order valence-corrected chi connectivity index (χ1v) is 7.18. The van der Waals surface area contributed by atoms with E-state index >= 15 is 0 Å². The second kappa shape index (κ2) is 9.11. The highest BCUT2D eigenvalue weighted by molar-refractivity contribution is 5.94. The molecular formula is C16H23N3O2. The van der Waals surface area contributed by atoms with Crippen molar-refractivity contribution in [3.63, 3.8) is 0 Å². The van der Waals surface area contributed by atoms with Crippen LogP contribution in [-0.2, 0) is 0 Å². The summed E-state index contributed by atoms with van der Waals surface area (Å²) in [6.07, 6.45) is 3.09. The molecule has 0 saturated heterocycles. The van der Waals surface area contributed by atoms with Crippen molar-refractivity contribution in [2.24, 2.45) is 0 Å². The van der Waals surface area contributed by atoms with Gasteiger partial charge in [0.2, 0.25) is 0 Å². The second-order valence-corrected chi connectivity index (χ2v) is 4.78. The molecule has 0 aliphatic carbocycles. The Bertz CT molecular complexity index is 516. The van der Waals surface area contributed by atoms with Crippen molar-refractivity contribution in [2.75, 3.05) is 26.2 Å². The second-order valence-electron chi connectivity index (χ2n) is 4.78. The van der Waals surface area contributed by atoms with E-state index in [1.54, 1.807) is 12.3 Å². The summed E-state index contributed by atoms with van der Waals surface area (Å²) in [5, 5.41) is 11.6. The van der Waals surface area contributed by atoms with Gasteiger partial charge in [-0.1, -0.05) is 25.7 Å². The van der Waals surface area contributed by atoms with Crippen LogP contribution in [0.15, 0.2) is 18.5 Å². The summed E-state index contributed by atoms with van der Waals surface area (Å²) in [6, 6.07) is 1.74. The summed E-state index contributed by atoms with van der Waals surface area (Å²) in [7, 11) is 0. The third-order valence-corrected chi connectivity index (χ3v) is 3.12. The minimum absolute atomic E-state index is 0.0598. The number of rotatable bonds is 6. The van der Waals surface area contributed by atoms with E-state index in [1.807, 2.05) is 6.92 Å². The first kappa shape index (κ1) is 17.2. The number of hydrogen-bond acceptors (Lipinski definition) is 4. The van der Waals surface area contributed by atoms with Gasteiger partial charge in [-0.2, -0.15) is 0 Å². The van der Waals surface area contributed by atoms with E-state index in [4.69, 9.17) is 5.11 Å². The van der Waals surface area contributed by atoms with Gasteiger partial charge in [-0.15, -0.1) is 0 Å². The third kappa shape index (κ3) is 5.94. The van der Waals surface area contributed by atoms with Crippen molar-refractivity contribution >= 4 is 5.91 Å². The molecule has 1 unspecified atom stereocenters. The van der Waals surface area contributed by atoms with Gasteiger partial charge in [-0.05, 0) is 26.1 Å². The molecule has 1 atom stereocenters. The number of nitrogens with one attached hydrogen (secondary N) is 1. The summed E-state index contributed by atoms with van der Waals surface area (Å²) in [4.78, 5) is 18.4. The average molecular weight is 289 g/mol. The largest absolute Gasteiger partial charge is 0.384 e. The Hall–Kier alpha value is -1.90. The van der Waals surface area contributed by atoms with Crippen molar-refractivity contribution in [1.29, 1.82) is 0 Å². The Morgan fingerprint density at radius 2 is 2.14 bits per heavy atom. The number of amides is 1. The highest BCUT2D eigenvalue weighted by atomic mass is 16.2. The highest BCUT2D eigenvalue weighted by Gasteiger charge is 2.12. The molecule has 1 heterocycles. The van der Waals surface area contributed by atoms with E-state index < -0.39 is 0 Å². The molecule has 0 aliphatic rings. The third-order valence-electron chi connectivity index (χ3n) is 3.12. The summed E-state index contributed by atoms with van der Waals surface area (Å²) in [5.74, 6) is 5.13. The van der Waals surface area contributed by atoms with Crippen LogP contribution in [0.4, 0.5) is 0 Å². The van der Waals surface area contributed by atoms with Crippen molar-refractivity contribution in [3.05, 3.63) is 29.6 Å². The van der Waals surface area contributed by atoms with Crippen LogP contribution >= 0.6 is 0 Å². The van der Waals surface area contributed by atoms with Crippen LogP contribution < -0.4 is 5.32 Å². The van der Waals surface area contributed by atoms with Gasteiger partial charge >= 0.3 is 0 Å². The summed E-state index contributed by atoms with van der Waals surface area (Å²) in [5.41, 5.74) is 1.10. The molecule has 21 heavy (non-hydrogen) atoms. The zero-order valence-corrected chi connectivity index (χ0v) is 12.9. The molecule has 1 aromatic heterocycles. The molecule has 0 fully saturated rings. The van der Waals surface area contributed by atoms with Crippen LogP contribution in [-0.4, -0.2) is 53.2 Å². The fourth-order valence-corrected chi connectivity index (χ4v) is 2.00. The maximum atomic E-state index is 12.2. The predicted octanol–water partition coefficient (Wildman–Crippen LogP) is 0.885. The summed E-state index contributed by atoms with van der Waals surface area (Å²) < 4.78 is 0. The number of aliphatic hydroxyl groups is 1. The minimum Gasteiger partial charge on any atom is -0.384 e. The van der Waals surface area contributed by atoms with Crippen LogP contribution in [0.3, 0.4) is 0 Å². The maximum absolute atomic E-state index is 12.2. The molecule has 0 aliphatic heterocycles. The van der Waals surface area contributed by atoms with Crippen molar-refractivity contribution in [2.45, 2.75) is 26.8 Å². The maximum Gasteiger partial charge on any atom is 0.253 e. The van der Waals surface area contributed by atoms with Gasteiger partial charge in [0, 0.05) is 30.5 Å². The number of aromatic nitrogens is 1. The Kier molecular flexibility index (Phi) is 7.44. The lowest BCUT2D eigenvalue weighted by molar-refractivity contribution is 0.0930. The molecule has 2 N–H and O–H groups in total. The highest BCUT2D eigenvalue weighted by Crippen LogP contribution is 2.02. The van der Waals surface area contributed by atoms with E-state index in [2.05, 4.69) is 40.9 Å². The number of nitrogens with zero attached hydrogens (tertiary/aromatic N) is 2. The normalized spacial score (nSPS) is 11.7. The first-order valence-electron chi connectivity index (χ1n) is 7.18. The van der Waals surface area contributed by atoms with Gasteiger partial charge in [-0.25, -0.2) is 0 Å². The smallest absolute Gasteiger partial charge is 0.253 e. The molecular weight excluding hydrogens is 266 g/mol. The van der Waals surface area contributed by atoms with E-state index in [1.165, 1.54) is 6.20 Å². The molecule has 0 radical (unpaired) electrons. The molecule has 5 nitrogen and oxygen atoms in total. The predicted molar refractivity (Wildman–Crippen MR) is 82.9 cm³/mol. The van der Waals surface area contributed by atoms with Gasteiger partial charge in [0.15, 0.2) is 0 Å². The molecule has 114 valence electrons. The lowest BCUT2D eigenvalue weighted by atomic mass is 10.2. The minimum atomic E-state index is -0.211. The Labute approximate surface area is 126 Å². The Balaban J connectivity index is 2.66. The topological polar surface area (TPSA) is 65.5 Å². The number of carbonyl (C=O) groups excluding carboxylic acids is 1. The van der Waals surface area contributed by atoms with E-state index in [-0.39, 0.29) is 18.6 Å². The quantitative estimate of drug-likeness (QED) is 0.763. The number of hydrogen-bond donors (Lipinski definition) is 2. The molecule has 0 aromatic carbocycles. The monoisotopic (exact) mass is 289 g/mol.